The molecule has 0 spiro atoms. The Bertz CT molecular complexity index is 1790. The lowest BCUT2D eigenvalue weighted by Gasteiger charge is -2.13. The van der Waals surface area contributed by atoms with Crippen LogP contribution in [0.1, 0.15) is 24.1 Å². The van der Waals surface area contributed by atoms with Gasteiger partial charge in [0.2, 0.25) is 0 Å². The lowest BCUT2D eigenvalue weighted by atomic mass is 10.0. The molecule has 0 unspecified atom stereocenters. The number of benzene rings is 3. The normalized spacial score (nSPS) is 13.8. The van der Waals surface area contributed by atoms with Gasteiger partial charge in [-0.2, -0.15) is 0 Å². The Morgan fingerprint density at radius 2 is 1.80 bits per heavy atom. The fourth-order valence-electron chi connectivity index (χ4n) is 4.47. The Balaban J connectivity index is 1.49. The van der Waals surface area contributed by atoms with Crippen LogP contribution in [0, 0.1) is 5.92 Å². The first-order valence-corrected chi connectivity index (χ1v) is 13.4. The summed E-state index contributed by atoms with van der Waals surface area (Å²) in [6.45, 7) is 0.589. The third kappa shape index (κ3) is 5.27. The van der Waals surface area contributed by atoms with Gasteiger partial charge in [0, 0.05) is 5.56 Å². The molecule has 0 saturated heterocycles. The molecule has 0 N–H and O–H groups in total. The highest BCUT2D eigenvalue weighted by Gasteiger charge is 2.31. The number of nitrogens with zero attached hydrogens (tertiary/aromatic N) is 2. The predicted molar refractivity (Wildman–Crippen MR) is 149 cm³/mol. The number of thiazole rings is 1. The van der Waals surface area contributed by atoms with Gasteiger partial charge in [-0.05, 0) is 66.8 Å². The SMILES string of the molecule is COc1cccc(/C=C/c2nc3sc4ccccc4n3c(=O)c2-c2ccc(OC(F)(F)F)cc2)c1OCC1CC1. The lowest BCUT2D eigenvalue weighted by Crippen LogP contribution is -2.18. The first-order chi connectivity index (χ1) is 19.3. The van der Waals surface area contributed by atoms with Crippen LogP contribution in [0.2, 0.25) is 0 Å². The summed E-state index contributed by atoms with van der Waals surface area (Å²) in [4.78, 5) is 19.3. The van der Waals surface area contributed by atoms with Gasteiger partial charge < -0.3 is 14.2 Å². The van der Waals surface area contributed by atoms with Crippen molar-refractivity contribution in [2.45, 2.75) is 19.2 Å². The Hall–Kier alpha value is -4.31. The quantitative estimate of drug-likeness (QED) is 0.196. The molecule has 0 radical (unpaired) electrons. The van der Waals surface area contributed by atoms with Crippen LogP contribution in [0.5, 0.6) is 17.2 Å². The summed E-state index contributed by atoms with van der Waals surface area (Å²) in [6, 6.07) is 18.2. The molecule has 0 bridgehead atoms. The molecule has 0 atom stereocenters. The number of hydrogen-bond acceptors (Lipinski definition) is 6. The van der Waals surface area contributed by atoms with Crippen molar-refractivity contribution in [1.29, 1.82) is 0 Å². The highest BCUT2D eigenvalue weighted by Crippen LogP contribution is 2.36. The molecule has 40 heavy (non-hydrogen) atoms. The van der Waals surface area contributed by atoms with Crippen LogP contribution in [0.3, 0.4) is 0 Å². The van der Waals surface area contributed by atoms with Gasteiger partial charge in [0.05, 0.1) is 35.2 Å². The van der Waals surface area contributed by atoms with Gasteiger partial charge in [-0.25, -0.2) is 4.98 Å². The monoisotopic (exact) mass is 564 g/mol. The van der Waals surface area contributed by atoms with Crippen LogP contribution in [-0.2, 0) is 0 Å². The van der Waals surface area contributed by atoms with Crippen molar-refractivity contribution in [3.63, 3.8) is 0 Å². The van der Waals surface area contributed by atoms with E-state index in [1.54, 1.807) is 19.3 Å². The molecule has 1 aliphatic rings. The summed E-state index contributed by atoms with van der Waals surface area (Å²) >= 11 is 1.38. The molecule has 2 aromatic heterocycles. The second kappa shape index (κ2) is 10.3. The number of hydrogen-bond donors (Lipinski definition) is 0. The number of ether oxygens (including phenoxy) is 3. The third-order valence-corrected chi connectivity index (χ3v) is 7.60. The fourth-order valence-corrected chi connectivity index (χ4v) is 5.50. The summed E-state index contributed by atoms with van der Waals surface area (Å²) in [5, 5.41) is 0. The number of alkyl halides is 3. The fraction of sp³-hybridized carbons (Fsp3) is 0.200. The van der Waals surface area contributed by atoms with Crippen molar-refractivity contribution in [1.82, 2.24) is 9.38 Å². The second-order valence-corrected chi connectivity index (χ2v) is 10.4. The predicted octanol–water partition coefficient (Wildman–Crippen LogP) is 7.44. The van der Waals surface area contributed by atoms with Crippen molar-refractivity contribution in [2.75, 3.05) is 13.7 Å². The molecule has 2 heterocycles. The number of aromatic nitrogens is 2. The highest BCUT2D eigenvalue weighted by molar-refractivity contribution is 7.23. The zero-order valence-electron chi connectivity index (χ0n) is 21.3. The number of halogens is 3. The first kappa shape index (κ1) is 25.9. The van der Waals surface area contributed by atoms with E-state index in [1.807, 2.05) is 42.5 Å². The molecule has 0 aliphatic heterocycles. The van der Waals surface area contributed by atoms with Crippen LogP contribution in [0.25, 0.3) is 38.5 Å². The molecule has 5 aromatic rings. The summed E-state index contributed by atoms with van der Waals surface area (Å²) in [5.41, 5.74) is 2.15. The van der Waals surface area contributed by atoms with Gasteiger partial charge >= 0.3 is 6.36 Å². The van der Waals surface area contributed by atoms with E-state index in [4.69, 9.17) is 14.5 Å². The Morgan fingerprint density at radius 1 is 1.02 bits per heavy atom. The van der Waals surface area contributed by atoms with Gasteiger partial charge in [-0.15, -0.1) is 13.2 Å². The molecule has 6 rings (SSSR count). The molecular formula is C30H23F3N2O4S. The van der Waals surface area contributed by atoms with E-state index < -0.39 is 6.36 Å². The molecule has 1 aliphatic carbocycles. The van der Waals surface area contributed by atoms with Gasteiger partial charge in [0.25, 0.3) is 5.56 Å². The van der Waals surface area contributed by atoms with Gasteiger partial charge in [-0.3, -0.25) is 9.20 Å². The molecule has 3 aromatic carbocycles. The first-order valence-electron chi connectivity index (χ1n) is 12.6. The maximum absolute atomic E-state index is 13.9. The van der Waals surface area contributed by atoms with E-state index in [0.717, 1.165) is 23.1 Å². The van der Waals surface area contributed by atoms with E-state index >= 15 is 0 Å². The van der Waals surface area contributed by atoms with Crippen LogP contribution >= 0.6 is 11.3 Å². The minimum Gasteiger partial charge on any atom is -0.493 e. The standard InChI is InChI=1S/C30H23F3N2O4S/c1-37-24-7-4-5-20(27(24)38-17-18-9-10-18)13-16-22-26(19-11-14-21(15-12-19)39-30(31,32)33)28(36)35-23-6-2-3-8-25(23)40-29(35)34-22/h2-8,11-16,18H,9-10,17H2,1H3/b16-13+. The van der Waals surface area contributed by atoms with Crippen molar-refractivity contribution in [3.05, 3.63) is 88.3 Å². The van der Waals surface area contributed by atoms with Gasteiger partial charge in [0.1, 0.15) is 5.75 Å². The topological polar surface area (TPSA) is 62.1 Å². The summed E-state index contributed by atoms with van der Waals surface area (Å²) in [5.74, 6) is 1.35. The average molecular weight is 565 g/mol. The summed E-state index contributed by atoms with van der Waals surface area (Å²) in [7, 11) is 1.58. The van der Waals surface area contributed by atoms with E-state index in [2.05, 4.69) is 4.74 Å². The molecule has 204 valence electrons. The van der Waals surface area contributed by atoms with E-state index in [0.29, 0.717) is 45.8 Å². The van der Waals surface area contributed by atoms with E-state index in [9.17, 15) is 18.0 Å². The molecule has 1 fully saturated rings. The number of rotatable bonds is 8. The number of para-hydroxylation sites is 2. The Labute approximate surface area is 230 Å². The molecule has 6 nitrogen and oxygen atoms in total. The van der Waals surface area contributed by atoms with Crippen molar-refractivity contribution in [2.24, 2.45) is 5.92 Å². The van der Waals surface area contributed by atoms with Crippen molar-refractivity contribution in [3.8, 4) is 28.4 Å². The van der Waals surface area contributed by atoms with Crippen LogP contribution in [0.4, 0.5) is 13.2 Å². The smallest absolute Gasteiger partial charge is 0.493 e. The van der Waals surface area contributed by atoms with E-state index in [-0.39, 0.29) is 16.9 Å². The number of methoxy groups -OCH3 is 1. The van der Waals surface area contributed by atoms with Crippen molar-refractivity contribution < 1.29 is 27.4 Å². The van der Waals surface area contributed by atoms with E-state index in [1.165, 1.54) is 40.0 Å². The maximum Gasteiger partial charge on any atom is 0.573 e. The average Bonchev–Trinajstić information content (AvgIpc) is 3.68. The second-order valence-electron chi connectivity index (χ2n) is 9.40. The molecule has 0 amide bonds. The minimum atomic E-state index is -4.82. The molecule has 1 saturated carbocycles. The van der Waals surface area contributed by atoms with Crippen LogP contribution in [-0.4, -0.2) is 29.5 Å². The highest BCUT2D eigenvalue weighted by atomic mass is 32.1. The summed E-state index contributed by atoms with van der Waals surface area (Å²) < 4.78 is 56.2. The van der Waals surface area contributed by atoms with Gasteiger partial charge in [-0.1, -0.05) is 47.7 Å². The van der Waals surface area contributed by atoms with Crippen LogP contribution in [0.15, 0.2) is 71.5 Å². The lowest BCUT2D eigenvalue weighted by molar-refractivity contribution is -0.274. The molecular weight excluding hydrogens is 541 g/mol. The van der Waals surface area contributed by atoms with Crippen LogP contribution < -0.4 is 19.8 Å². The van der Waals surface area contributed by atoms with Gasteiger partial charge in [0.15, 0.2) is 16.5 Å². The zero-order chi connectivity index (χ0) is 27.9. The Kier molecular flexibility index (Phi) is 6.71. The van der Waals surface area contributed by atoms with Crippen molar-refractivity contribution >= 4 is 38.7 Å². The zero-order valence-corrected chi connectivity index (χ0v) is 22.1. The molecule has 10 heteroatoms. The minimum absolute atomic E-state index is 0.249. The number of fused-ring (bicyclic) bond motifs is 3. The maximum atomic E-state index is 13.9. The largest absolute Gasteiger partial charge is 0.573 e. The summed E-state index contributed by atoms with van der Waals surface area (Å²) in [6.07, 6.45) is 0.987. The third-order valence-electron chi connectivity index (χ3n) is 6.57. The Morgan fingerprint density at radius 3 is 2.52 bits per heavy atom.